The highest BCUT2D eigenvalue weighted by Gasteiger charge is 2.27. The van der Waals surface area contributed by atoms with Gasteiger partial charge in [0.25, 0.3) is 5.23 Å². The maximum absolute atomic E-state index is 5.42. The van der Waals surface area contributed by atoms with Crippen LogP contribution in [0.3, 0.4) is 0 Å². The Morgan fingerprint density at radius 3 is 2.80 bits per heavy atom. The summed E-state index contributed by atoms with van der Waals surface area (Å²) in [6, 6.07) is 5.69. The van der Waals surface area contributed by atoms with Crippen molar-refractivity contribution in [2.75, 3.05) is 6.61 Å². The number of aliphatic imine (C=N–C) groups is 1. The molecule has 15 heavy (non-hydrogen) atoms. The summed E-state index contributed by atoms with van der Waals surface area (Å²) in [7, 11) is -1.89. The second-order valence-electron chi connectivity index (χ2n) is 2.94. The van der Waals surface area contributed by atoms with E-state index in [1.54, 1.807) is 0 Å². The first kappa shape index (κ1) is 11.3. The number of hydrogen-bond donors (Lipinski definition) is 1. The third-order valence-electron chi connectivity index (χ3n) is 1.97. The number of rotatable bonds is 1. The van der Waals surface area contributed by atoms with Crippen LogP contribution in [-0.4, -0.2) is 11.8 Å². The highest BCUT2D eigenvalue weighted by atomic mass is 33.1. The fraction of sp³-hybridized carbons (Fsp3) is 0.222. The van der Waals surface area contributed by atoms with Gasteiger partial charge in [0.15, 0.2) is 0 Å². The molecular formula is C9H9NOS4. The number of para-hydroxylation sites is 1. The molecule has 2 nitrogen and oxygen atoms in total. The molecule has 0 radical (unpaired) electrons. The average Bonchev–Trinajstić information content (AvgIpc) is 2.43. The summed E-state index contributed by atoms with van der Waals surface area (Å²) >= 11 is 15.2. The van der Waals surface area contributed by atoms with E-state index in [0.29, 0.717) is 11.8 Å². The molecule has 2 rings (SSSR count). The molecule has 0 saturated heterocycles. The molecule has 0 saturated carbocycles. The van der Waals surface area contributed by atoms with E-state index in [1.165, 1.54) is 0 Å². The van der Waals surface area contributed by atoms with Gasteiger partial charge in [0.2, 0.25) is 0 Å². The van der Waals surface area contributed by atoms with Crippen molar-refractivity contribution in [3.05, 3.63) is 18.2 Å². The van der Waals surface area contributed by atoms with Gasteiger partial charge in [-0.1, -0.05) is 6.07 Å². The molecule has 1 heterocycles. The van der Waals surface area contributed by atoms with Crippen molar-refractivity contribution in [1.29, 1.82) is 0 Å². The molecule has 1 aromatic carbocycles. The molecule has 1 aliphatic rings. The van der Waals surface area contributed by atoms with Crippen LogP contribution in [0, 0.1) is 0 Å². The third kappa shape index (κ3) is 1.80. The lowest BCUT2D eigenvalue weighted by atomic mass is 10.3. The highest BCUT2D eigenvalue weighted by Crippen LogP contribution is 2.38. The van der Waals surface area contributed by atoms with Crippen molar-refractivity contribution in [2.45, 2.75) is 16.7 Å². The van der Waals surface area contributed by atoms with Crippen LogP contribution in [-0.2, 0) is 34.3 Å². The van der Waals surface area contributed by atoms with Crippen LogP contribution in [0.2, 0.25) is 0 Å². The van der Waals surface area contributed by atoms with Gasteiger partial charge in [-0.15, -0.1) is 12.6 Å². The van der Waals surface area contributed by atoms with E-state index in [9.17, 15) is 0 Å². The highest BCUT2D eigenvalue weighted by molar-refractivity contribution is 8.63. The van der Waals surface area contributed by atoms with E-state index in [1.807, 2.05) is 25.1 Å². The van der Waals surface area contributed by atoms with Gasteiger partial charge in [-0.2, -0.15) is 0 Å². The van der Waals surface area contributed by atoms with Crippen molar-refractivity contribution in [3.63, 3.8) is 0 Å². The second kappa shape index (κ2) is 4.01. The molecule has 1 aromatic rings. The van der Waals surface area contributed by atoms with Crippen LogP contribution in [0.15, 0.2) is 33.0 Å². The number of ether oxygens (including phenoxy) is 1. The number of benzene rings is 1. The van der Waals surface area contributed by atoms with E-state index in [0.717, 1.165) is 15.5 Å². The first-order chi connectivity index (χ1) is 7.07. The summed E-state index contributed by atoms with van der Waals surface area (Å²) in [6.07, 6.45) is 0. The maximum atomic E-state index is 5.42. The van der Waals surface area contributed by atoms with Gasteiger partial charge in [-0.3, -0.25) is 0 Å². The van der Waals surface area contributed by atoms with E-state index >= 15 is 0 Å². The van der Waals surface area contributed by atoms with Crippen LogP contribution >= 0.6 is 12.6 Å². The Morgan fingerprint density at radius 1 is 1.47 bits per heavy atom. The zero-order valence-corrected chi connectivity index (χ0v) is 11.3. The van der Waals surface area contributed by atoms with Gasteiger partial charge in [0.05, 0.1) is 17.2 Å². The first-order valence-electron chi connectivity index (χ1n) is 4.36. The third-order valence-corrected chi connectivity index (χ3v) is 5.84. The Hall–Kier alpha value is -0.170. The molecule has 0 unspecified atom stereocenters. The van der Waals surface area contributed by atoms with E-state index in [4.69, 9.17) is 27.1 Å². The standard InChI is InChI=1S/C9H9NOS4/c1-2-11-9-10-8-6(12)4-3-5-7(8)15(9,13)14/h3-5,12H,2H2,1H3. The zero-order valence-electron chi connectivity index (χ0n) is 7.97. The van der Waals surface area contributed by atoms with Crippen LogP contribution in [0.25, 0.3) is 0 Å². The van der Waals surface area contributed by atoms with Gasteiger partial charge < -0.3 is 4.74 Å². The summed E-state index contributed by atoms with van der Waals surface area (Å²) in [5, 5.41) is 0.506. The van der Waals surface area contributed by atoms with Crippen LogP contribution in [0.5, 0.6) is 0 Å². The van der Waals surface area contributed by atoms with Crippen molar-refractivity contribution < 1.29 is 4.74 Å². The van der Waals surface area contributed by atoms with Gasteiger partial charge >= 0.3 is 0 Å². The van der Waals surface area contributed by atoms with Gasteiger partial charge in [0, 0.05) is 12.0 Å². The van der Waals surface area contributed by atoms with Crippen molar-refractivity contribution in [1.82, 2.24) is 0 Å². The predicted molar refractivity (Wildman–Crippen MR) is 72.8 cm³/mol. The van der Waals surface area contributed by atoms with E-state index in [-0.39, 0.29) is 0 Å². The summed E-state index contributed by atoms with van der Waals surface area (Å²) in [6.45, 7) is 2.43. The lowest BCUT2D eigenvalue weighted by Crippen LogP contribution is -2.11. The summed E-state index contributed by atoms with van der Waals surface area (Å²) < 4.78 is 5.40. The predicted octanol–water partition coefficient (Wildman–Crippen LogP) is 2.45. The average molecular weight is 275 g/mol. The Balaban J connectivity index is 2.64. The number of thiol groups is 1. The molecule has 80 valence electrons. The zero-order chi connectivity index (χ0) is 11.1. The molecule has 0 amide bonds. The summed E-state index contributed by atoms with van der Waals surface area (Å²) in [4.78, 5) is 6.05. The molecule has 0 spiro atoms. The smallest absolute Gasteiger partial charge is 0.263 e. The Bertz CT molecular complexity index is 533. The van der Waals surface area contributed by atoms with Crippen molar-refractivity contribution >= 4 is 53.1 Å². The lowest BCUT2D eigenvalue weighted by Gasteiger charge is -2.06. The molecule has 0 atom stereocenters. The Kier molecular flexibility index (Phi) is 3.03. The largest absolute Gasteiger partial charge is 0.472 e. The molecule has 0 N–H and O–H groups in total. The maximum Gasteiger partial charge on any atom is 0.263 e. The van der Waals surface area contributed by atoms with Gasteiger partial charge in [-0.05, 0) is 41.4 Å². The van der Waals surface area contributed by atoms with Gasteiger partial charge in [-0.25, -0.2) is 4.99 Å². The van der Waals surface area contributed by atoms with Crippen LogP contribution in [0.4, 0.5) is 5.69 Å². The minimum Gasteiger partial charge on any atom is -0.472 e. The topological polar surface area (TPSA) is 21.6 Å². The van der Waals surface area contributed by atoms with E-state index in [2.05, 4.69) is 17.6 Å². The number of fused-ring (bicyclic) bond motifs is 1. The molecule has 0 bridgehead atoms. The Labute approximate surface area is 104 Å². The molecule has 0 aliphatic carbocycles. The molecular weight excluding hydrogens is 266 g/mol. The molecule has 6 heteroatoms. The first-order valence-corrected chi connectivity index (χ1v) is 8.29. The van der Waals surface area contributed by atoms with E-state index < -0.39 is 7.15 Å². The minimum absolute atomic E-state index is 0.506. The summed E-state index contributed by atoms with van der Waals surface area (Å²) in [5.74, 6) is 0. The van der Waals surface area contributed by atoms with Crippen molar-refractivity contribution in [3.8, 4) is 0 Å². The molecule has 0 aromatic heterocycles. The Morgan fingerprint density at radius 2 is 2.20 bits per heavy atom. The molecule has 1 aliphatic heterocycles. The van der Waals surface area contributed by atoms with Crippen molar-refractivity contribution in [2.24, 2.45) is 4.99 Å². The quantitative estimate of drug-likeness (QED) is 0.796. The monoisotopic (exact) mass is 275 g/mol. The summed E-state index contributed by atoms with van der Waals surface area (Å²) in [5.41, 5.74) is 0.782. The second-order valence-corrected chi connectivity index (χ2v) is 8.85. The number of hydrogen-bond acceptors (Lipinski definition) is 5. The lowest BCUT2D eigenvalue weighted by molar-refractivity contribution is 0.338. The van der Waals surface area contributed by atoms with Gasteiger partial charge in [0.1, 0.15) is 0 Å². The van der Waals surface area contributed by atoms with Crippen LogP contribution in [0.1, 0.15) is 6.92 Å². The SMILES string of the molecule is CCOC1=Nc2c(S)cccc2S1(=S)=S. The fourth-order valence-electron chi connectivity index (χ4n) is 1.32. The minimum atomic E-state index is -1.89. The van der Waals surface area contributed by atoms with Crippen LogP contribution < -0.4 is 0 Å². The molecule has 0 fully saturated rings. The fourth-order valence-corrected chi connectivity index (χ4v) is 4.31. The number of nitrogens with zero attached hydrogens (tertiary/aromatic N) is 1. The normalized spacial score (nSPS) is 17.1.